The Labute approximate surface area is 77.2 Å². The van der Waals surface area contributed by atoms with Crippen LogP contribution in [0.1, 0.15) is 5.56 Å². The van der Waals surface area contributed by atoms with Gasteiger partial charge in [-0.1, -0.05) is 21.0 Å². The Morgan fingerprint density at radius 3 is 2.83 bits per heavy atom. The van der Waals surface area contributed by atoms with E-state index in [-0.39, 0.29) is 0 Å². The normalized spacial score (nSPS) is 8.33. The average Bonchev–Trinajstić information content (AvgIpc) is 2.04. The van der Waals surface area contributed by atoms with Gasteiger partial charge in [-0.15, -0.1) is 0 Å². The van der Waals surface area contributed by atoms with E-state index in [1.165, 1.54) is 6.07 Å². The fourth-order valence-corrected chi connectivity index (χ4v) is 1.23. The molecular weight excluding hydrogens is 220 g/mol. The van der Waals surface area contributed by atoms with Crippen LogP contribution in [-0.2, 0) is 0 Å². The molecule has 1 aromatic carbocycles. The molecule has 0 aliphatic rings. The van der Waals surface area contributed by atoms with Crippen LogP contribution in [0, 0.1) is 11.3 Å². The summed E-state index contributed by atoms with van der Waals surface area (Å²) < 4.78 is 0.726. The van der Waals surface area contributed by atoms with Crippen molar-refractivity contribution in [2.24, 2.45) is 5.11 Å². The van der Waals surface area contributed by atoms with Crippen LogP contribution >= 0.6 is 15.9 Å². The lowest BCUT2D eigenvalue weighted by atomic mass is 10.2. The van der Waals surface area contributed by atoms with Gasteiger partial charge >= 0.3 is 0 Å². The maximum Gasteiger partial charge on any atom is 0.0992 e. The highest BCUT2D eigenvalue weighted by atomic mass is 79.9. The monoisotopic (exact) mass is 222 g/mol. The lowest BCUT2D eigenvalue weighted by Crippen LogP contribution is -1.73. The summed E-state index contributed by atoms with van der Waals surface area (Å²) in [4.78, 5) is 2.62. The molecule has 0 unspecified atom stereocenters. The Bertz CT molecular complexity index is 387. The van der Waals surface area contributed by atoms with E-state index in [2.05, 4.69) is 26.0 Å². The van der Waals surface area contributed by atoms with Gasteiger partial charge in [0.05, 0.1) is 11.6 Å². The van der Waals surface area contributed by atoms with E-state index in [0.29, 0.717) is 11.3 Å². The van der Waals surface area contributed by atoms with Gasteiger partial charge < -0.3 is 0 Å². The third-order valence-electron chi connectivity index (χ3n) is 1.17. The molecule has 0 fully saturated rings. The molecule has 0 radical (unpaired) electrons. The Balaban J connectivity index is 3.25. The quantitative estimate of drug-likeness (QED) is 0.409. The second-order valence-electron chi connectivity index (χ2n) is 2.00. The summed E-state index contributed by atoms with van der Waals surface area (Å²) in [6.45, 7) is 0. The molecule has 0 aliphatic carbocycles. The molecule has 0 bridgehead atoms. The molecule has 0 amide bonds. The second-order valence-corrected chi connectivity index (χ2v) is 2.92. The van der Waals surface area contributed by atoms with Crippen molar-refractivity contribution in [1.29, 1.82) is 5.26 Å². The van der Waals surface area contributed by atoms with Crippen molar-refractivity contribution in [1.82, 2.24) is 0 Å². The fourth-order valence-electron chi connectivity index (χ4n) is 0.748. The first-order valence-corrected chi connectivity index (χ1v) is 3.81. The van der Waals surface area contributed by atoms with Gasteiger partial charge in [0.25, 0.3) is 0 Å². The van der Waals surface area contributed by atoms with Gasteiger partial charge in [0.15, 0.2) is 0 Å². The van der Waals surface area contributed by atoms with Crippen LogP contribution in [0.2, 0.25) is 0 Å². The molecule has 0 aromatic heterocycles. The van der Waals surface area contributed by atoms with Gasteiger partial charge in [0.1, 0.15) is 0 Å². The summed E-state index contributed by atoms with van der Waals surface area (Å²) in [5, 5.41) is 11.9. The third kappa shape index (κ3) is 1.99. The first-order chi connectivity index (χ1) is 5.76. The maximum absolute atomic E-state index is 8.55. The molecule has 0 N–H and O–H groups in total. The summed E-state index contributed by atoms with van der Waals surface area (Å²) in [7, 11) is 0. The standard InChI is InChI=1S/C7H3BrN4/c8-6-1-5(4-9)2-7(3-6)11-12-10/h1-3H. The summed E-state index contributed by atoms with van der Waals surface area (Å²) >= 11 is 3.19. The Hall–Kier alpha value is -1.50. The smallest absolute Gasteiger partial charge is 0.0992 e. The van der Waals surface area contributed by atoms with Crippen LogP contribution in [0.25, 0.3) is 10.4 Å². The van der Waals surface area contributed by atoms with E-state index in [1.54, 1.807) is 12.1 Å². The summed E-state index contributed by atoms with van der Waals surface area (Å²) in [5.74, 6) is 0. The summed E-state index contributed by atoms with van der Waals surface area (Å²) in [6.07, 6.45) is 0. The maximum atomic E-state index is 8.55. The number of rotatable bonds is 1. The van der Waals surface area contributed by atoms with Gasteiger partial charge in [-0.3, -0.25) is 0 Å². The molecule has 0 saturated heterocycles. The van der Waals surface area contributed by atoms with E-state index in [1.807, 2.05) is 6.07 Å². The Morgan fingerprint density at radius 1 is 1.50 bits per heavy atom. The number of nitrogens with zero attached hydrogens (tertiary/aromatic N) is 4. The molecule has 5 heteroatoms. The minimum Gasteiger partial charge on any atom is -0.192 e. The van der Waals surface area contributed by atoms with Crippen LogP contribution in [0.3, 0.4) is 0 Å². The number of hydrogen-bond acceptors (Lipinski definition) is 2. The van der Waals surface area contributed by atoms with Crippen molar-refractivity contribution in [2.45, 2.75) is 0 Å². The predicted molar refractivity (Wildman–Crippen MR) is 47.7 cm³/mol. The first kappa shape index (κ1) is 8.60. The van der Waals surface area contributed by atoms with Gasteiger partial charge in [0, 0.05) is 15.1 Å². The van der Waals surface area contributed by atoms with Crippen molar-refractivity contribution >= 4 is 21.6 Å². The van der Waals surface area contributed by atoms with Crippen molar-refractivity contribution < 1.29 is 0 Å². The Kier molecular flexibility index (Phi) is 2.70. The van der Waals surface area contributed by atoms with Crippen molar-refractivity contribution in [2.75, 3.05) is 0 Å². The Morgan fingerprint density at radius 2 is 2.25 bits per heavy atom. The molecule has 1 aromatic rings. The molecule has 0 atom stereocenters. The first-order valence-electron chi connectivity index (χ1n) is 3.02. The minimum absolute atomic E-state index is 0.434. The van der Waals surface area contributed by atoms with E-state index in [4.69, 9.17) is 10.8 Å². The molecule has 4 nitrogen and oxygen atoms in total. The predicted octanol–water partition coefficient (Wildman–Crippen LogP) is 3.26. The van der Waals surface area contributed by atoms with Crippen LogP contribution in [0.15, 0.2) is 27.8 Å². The molecule has 58 valence electrons. The number of azide groups is 1. The van der Waals surface area contributed by atoms with Crippen molar-refractivity contribution in [3.8, 4) is 6.07 Å². The fraction of sp³-hybridized carbons (Fsp3) is 0. The highest BCUT2D eigenvalue weighted by Crippen LogP contribution is 2.21. The van der Waals surface area contributed by atoms with E-state index < -0.39 is 0 Å². The number of nitriles is 1. The van der Waals surface area contributed by atoms with Crippen molar-refractivity contribution in [3.05, 3.63) is 38.7 Å². The number of benzene rings is 1. The molecular formula is C7H3BrN4. The molecule has 12 heavy (non-hydrogen) atoms. The molecule has 0 heterocycles. The largest absolute Gasteiger partial charge is 0.192 e. The number of hydrogen-bond donors (Lipinski definition) is 0. The lowest BCUT2D eigenvalue weighted by Gasteiger charge is -1.93. The van der Waals surface area contributed by atoms with Crippen molar-refractivity contribution in [3.63, 3.8) is 0 Å². The number of halogens is 1. The SMILES string of the molecule is N#Cc1cc(Br)cc(N=[N+]=[N-])c1. The van der Waals surface area contributed by atoms with E-state index in [9.17, 15) is 0 Å². The minimum atomic E-state index is 0.434. The molecule has 0 aliphatic heterocycles. The zero-order valence-electron chi connectivity index (χ0n) is 5.90. The van der Waals surface area contributed by atoms with Crippen LogP contribution in [-0.4, -0.2) is 0 Å². The molecule has 0 saturated carbocycles. The van der Waals surface area contributed by atoms with Gasteiger partial charge in [0.2, 0.25) is 0 Å². The summed E-state index contributed by atoms with van der Waals surface area (Å²) in [5.41, 5.74) is 9.03. The van der Waals surface area contributed by atoms with Crippen LogP contribution < -0.4 is 0 Å². The van der Waals surface area contributed by atoms with Crippen LogP contribution in [0.4, 0.5) is 5.69 Å². The van der Waals surface area contributed by atoms with E-state index in [0.717, 1.165) is 4.47 Å². The zero-order chi connectivity index (χ0) is 8.97. The van der Waals surface area contributed by atoms with Gasteiger partial charge in [-0.25, -0.2) is 0 Å². The second kappa shape index (κ2) is 3.77. The summed E-state index contributed by atoms with van der Waals surface area (Å²) in [6, 6.07) is 6.76. The van der Waals surface area contributed by atoms with Gasteiger partial charge in [-0.05, 0) is 23.7 Å². The molecule has 1 rings (SSSR count). The third-order valence-corrected chi connectivity index (χ3v) is 1.63. The highest BCUT2D eigenvalue weighted by Gasteiger charge is 1.95. The van der Waals surface area contributed by atoms with Gasteiger partial charge in [-0.2, -0.15) is 5.26 Å². The van der Waals surface area contributed by atoms with Crippen LogP contribution in [0.5, 0.6) is 0 Å². The highest BCUT2D eigenvalue weighted by molar-refractivity contribution is 9.10. The average molecular weight is 223 g/mol. The molecule has 0 spiro atoms. The zero-order valence-corrected chi connectivity index (χ0v) is 7.48. The van der Waals surface area contributed by atoms with E-state index >= 15 is 0 Å². The lowest BCUT2D eigenvalue weighted by molar-refractivity contribution is 1.42. The topological polar surface area (TPSA) is 72.5 Å².